The number of halogens is 1. The van der Waals surface area contributed by atoms with Gasteiger partial charge in [0.2, 0.25) is 0 Å². The molecule has 10 nitrogen and oxygen atoms in total. The van der Waals surface area contributed by atoms with E-state index in [2.05, 4.69) is 10.3 Å². The molecule has 2 fully saturated rings. The van der Waals surface area contributed by atoms with Crippen LogP contribution in [-0.2, 0) is 14.3 Å². The number of amides is 2. The first-order valence-electron chi connectivity index (χ1n) is 9.97. The highest BCUT2D eigenvalue weighted by Crippen LogP contribution is 2.25. The summed E-state index contributed by atoms with van der Waals surface area (Å²) in [5.74, 6) is -0.944. The number of carboxylic acids is 1. The Kier molecular flexibility index (Phi) is 9.54. The van der Waals surface area contributed by atoms with Gasteiger partial charge in [-0.2, -0.15) is 0 Å². The SMILES string of the molecule is CC(=O)O.O=C(/C=C/c1cnc(N[C@@H]2CCN(C(=O)OC3CCCC3)C2)c(Cl)c1)NO. The summed E-state index contributed by atoms with van der Waals surface area (Å²) in [6.45, 7) is 2.26. The summed E-state index contributed by atoms with van der Waals surface area (Å²) in [4.78, 5) is 38.2. The third-order valence-electron chi connectivity index (χ3n) is 4.76. The molecule has 11 heteroatoms. The van der Waals surface area contributed by atoms with Gasteiger partial charge < -0.3 is 20.1 Å². The summed E-state index contributed by atoms with van der Waals surface area (Å²) in [6.07, 6.45) is 9.01. The molecule has 0 radical (unpaired) electrons. The van der Waals surface area contributed by atoms with Gasteiger partial charge in [-0.3, -0.25) is 14.8 Å². The Morgan fingerprint density at radius 1 is 1.29 bits per heavy atom. The number of anilines is 1. The van der Waals surface area contributed by atoms with Crippen molar-refractivity contribution in [1.82, 2.24) is 15.4 Å². The lowest BCUT2D eigenvalue weighted by Crippen LogP contribution is -2.34. The monoisotopic (exact) mass is 454 g/mol. The minimum atomic E-state index is -0.833. The lowest BCUT2D eigenvalue weighted by molar-refractivity contribution is -0.134. The Balaban J connectivity index is 0.000000785. The van der Waals surface area contributed by atoms with Crippen molar-refractivity contribution in [3.05, 3.63) is 28.9 Å². The van der Waals surface area contributed by atoms with Gasteiger partial charge in [0.25, 0.3) is 11.9 Å². The number of hydrogen-bond acceptors (Lipinski definition) is 7. The molecule has 2 aliphatic rings. The number of hydrogen-bond donors (Lipinski definition) is 4. The van der Waals surface area contributed by atoms with Gasteiger partial charge in [-0.25, -0.2) is 15.3 Å². The number of hydroxylamine groups is 1. The van der Waals surface area contributed by atoms with E-state index in [1.165, 1.54) is 17.6 Å². The number of aromatic nitrogens is 1. The topological polar surface area (TPSA) is 141 Å². The zero-order valence-electron chi connectivity index (χ0n) is 17.2. The maximum Gasteiger partial charge on any atom is 0.410 e. The van der Waals surface area contributed by atoms with Gasteiger partial charge in [0.1, 0.15) is 11.9 Å². The number of rotatable bonds is 5. The molecule has 170 valence electrons. The van der Waals surface area contributed by atoms with Crippen molar-refractivity contribution < 1.29 is 29.4 Å². The largest absolute Gasteiger partial charge is 0.481 e. The first kappa shape index (κ1) is 24.4. The van der Waals surface area contributed by atoms with Crippen LogP contribution in [0, 0.1) is 0 Å². The predicted molar refractivity (Wildman–Crippen MR) is 114 cm³/mol. The third-order valence-corrected chi connectivity index (χ3v) is 5.04. The van der Waals surface area contributed by atoms with Crippen molar-refractivity contribution in [1.29, 1.82) is 0 Å². The van der Waals surface area contributed by atoms with Crippen LogP contribution in [-0.4, -0.2) is 63.4 Å². The molecule has 1 saturated heterocycles. The van der Waals surface area contributed by atoms with Crippen LogP contribution in [0.2, 0.25) is 5.02 Å². The average molecular weight is 455 g/mol. The number of aliphatic carboxylic acids is 1. The van der Waals surface area contributed by atoms with E-state index in [0.717, 1.165) is 39.0 Å². The number of nitrogens with one attached hydrogen (secondary N) is 2. The lowest BCUT2D eigenvalue weighted by Gasteiger charge is -2.20. The Morgan fingerprint density at radius 2 is 1.97 bits per heavy atom. The quantitative estimate of drug-likeness (QED) is 0.302. The van der Waals surface area contributed by atoms with E-state index < -0.39 is 11.9 Å². The predicted octanol–water partition coefficient (Wildman–Crippen LogP) is 2.91. The van der Waals surface area contributed by atoms with Gasteiger partial charge in [-0.15, -0.1) is 0 Å². The minimum absolute atomic E-state index is 0.0488. The molecule has 0 spiro atoms. The molecule has 0 aromatic carbocycles. The second-order valence-electron chi connectivity index (χ2n) is 7.29. The highest BCUT2D eigenvalue weighted by atomic mass is 35.5. The fourth-order valence-corrected chi connectivity index (χ4v) is 3.55. The van der Waals surface area contributed by atoms with E-state index in [-0.39, 0.29) is 18.2 Å². The number of ether oxygens (including phenoxy) is 1. The average Bonchev–Trinajstić information content (AvgIpc) is 3.39. The second kappa shape index (κ2) is 12.1. The molecule has 1 aromatic rings. The first-order chi connectivity index (χ1) is 14.8. The number of nitrogens with zero attached hydrogens (tertiary/aromatic N) is 2. The van der Waals surface area contributed by atoms with Crippen LogP contribution < -0.4 is 10.8 Å². The summed E-state index contributed by atoms with van der Waals surface area (Å²) in [5, 5.41) is 19.6. The van der Waals surface area contributed by atoms with E-state index in [9.17, 15) is 9.59 Å². The van der Waals surface area contributed by atoms with Crippen LogP contribution in [0.25, 0.3) is 6.08 Å². The Bertz CT molecular complexity index is 809. The van der Waals surface area contributed by atoms with Crippen molar-refractivity contribution in [3.8, 4) is 0 Å². The van der Waals surface area contributed by atoms with Gasteiger partial charge in [-0.1, -0.05) is 11.6 Å². The molecule has 1 atom stereocenters. The lowest BCUT2D eigenvalue weighted by atomic mass is 10.2. The van der Waals surface area contributed by atoms with E-state index in [4.69, 9.17) is 31.4 Å². The van der Waals surface area contributed by atoms with Gasteiger partial charge in [0, 0.05) is 38.3 Å². The number of pyridine rings is 1. The van der Waals surface area contributed by atoms with Crippen molar-refractivity contribution in [2.24, 2.45) is 0 Å². The second-order valence-corrected chi connectivity index (χ2v) is 7.70. The zero-order valence-corrected chi connectivity index (χ0v) is 18.0. The van der Waals surface area contributed by atoms with Crippen LogP contribution in [0.1, 0.15) is 44.6 Å². The van der Waals surface area contributed by atoms with Gasteiger partial charge in [0.05, 0.1) is 5.02 Å². The molecule has 3 rings (SSSR count). The molecule has 0 bridgehead atoms. The molecule has 1 aliphatic heterocycles. The molecular formula is C20H27ClN4O6. The van der Waals surface area contributed by atoms with E-state index >= 15 is 0 Å². The zero-order chi connectivity index (χ0) is 22.8. The molecular weight excluding hydrogens is 428 g/mol. The number of carboxylic acid groups (broad SMARTS) is 1. The summed E-state index contributed by atoms with van der Waals surface area (Å²) < 4.78 is 5.55. The molecule has 2 heterocycles. The summed E-state index contributed by atoms with van der Waals surface area (Å²) in [5.41, 5.74) is 2.14. The van der Waals surface area contributed by atoms with Crippen LogP contribution in [0.5, 0.6) is 0 Å². The molecule has 1 aromatic heterocycles. The summed E-state index contributed by atoms with van der Waals surface area (Å²) in [7, 11) is 0. The van der Waals surface area contributed by atoms with Crippen molar-refractivity contribution >= 4 is 41.5 Å². The number of carbonyl (C=O) groups is 3. The van der Waals surface area contributed by atoms with Crippen molar-refractivity contribution in [2.45, 2.75) is 51.2 Å². The van der Waals surface area contributed by atoms with Gasteiger partial charge in [-0.05, 0) is 49.8 Å². The molecule has 4 N–H and O–H groups in total. The molecule has 1 saturated carbocycles. The Hall–Kier alpha value is -2.85. The van der Waals surface area contributed by atoms with Crippen molar-refractivity contribution in [2.75, 3.05) is 18.4 Å². The standard InChI is InChI=1S/C18H23ClN4O4.C2H4O2/c19-15-9-12(5-6-16(24)22-26)10-20-17(15)21-13-7-8-23(11-13)18(25)27-14-3-1-2-4-14;1-2(3)4/h5-6,9-10,13-14,26H,1-4,7-8,11H2,(H,20,21)(H,22,24);1H3,(H,3,4)/b6-5+;/t13-;/m1./s1. The molecule has 31 heavy (non-hydrogen) atoms. The normalized spacial score (nSPS) is 18.4. The maximum absolute atomic E-state index is 12.2. The van der Waals surface area contributed by atoms with E-state index in [1.807, 2.05) is 0 Å². The fourth-order valence-electron chi connectivity index (χ4n) is 3.32. The fraction of sp³-hybridized carbons (Fsp3) is 0.500. The smallest absolute Gasteiger partial charge is 0.410 e. The Morgan fingerprint density at radius 3 is 2.58 bits per heavy atom. The summed E-state index contributed by atoms with van der Waals surface area (Å²) >= 11 is 6.26. The maximum atomic E-state index is 12.2. The van der Waals surface area contributed by atoms with Crippen LogP contribution in [0.4, 0.5) is 10.6 Å². The molecule has 2 amide bonds. The van der Waals surface area contributed by atoms with Gasteiger partial charge >= 0.3 is 6.09 Å². The molecule has 0 unspecified atom stereocenters. The highest BCUT2D eigenvalue weighted by molar-refractivity contribution is 6.33. The minimum Gasteiger partial charge on any atom is -0.481 e. The third kappa shape index (κ3) is 8.42. The highest BCUT2D eigenvalue weighted by Gasteiger charge is 2.30. The van der Waals surface area contributed by atoms with Crippen LogP contribution in [0.15, 0.2) is 18.3 Å². The molecule has 1 aliphatic carbocycles. The van der Waals surface area contributed by atoms with Gasteiger partial charge in [0.15, 0.2) is 0 Å². The van der Waals surface area contributed by atoms with Crippen molar-refractivity contribution in [3.63, 3.8) is 0 Å². The first-order valence-corrected chi connectivity index (χ1v) is 10.4. The van der Waals surface area contributed by atoms with Crippen LogP contribution >= 0.6 is 11.6 Å². The van der Waals surface area contributed by atoms with E-state index in [1.54, 1.807) is 17.2 Å². The van der Waals surface area contributed by atoms with E-state index in [0.29, 0.717) is 29.5 Å². The van der Waals surface area contributed by atoms with Crippen LogP contribution in [0.3, 0.4) is 0 Å². The number of likely N-dealkylation sites (tertiary alicyclic amines) is 1. The number of carbonyl (C=O) groups excluding carboxylic acids is 2. The summed E-state index contributed by atoms with van der Waals surface area (Å²) in [6, 6.07) is 1.71. The Labute approximate surface area is 185 Å².